The maximum absolute atomic E-state index is 13.4. The van der Waals surface area contributed by atoms with E-state index in [9.17, 15) is 9.18 Å². The van der Waals surface area contributed by atoms with Crippen LogP contribution in [0.15, 0.2) is 24.3 Å². The smallest absolute Gasteiger partial charge is 0.356 e. The Morgan fingerprint density at radius 3 is 2.52 bits per heavy atom. The van der Waals surface area contributed by atoms with Gasteiger partial charge < -0.3 is 15.8 Å². The van der Waals surface area contributed by atoms with E-state index >= 15 is 0 Å². The molecule has 0 aliphatic heterocycles. The van der Waals surface area contributed by atoms with E-state index in [1.165, 1.54) is 31.4 Å². The van der Waals surface area contributed by atoms with Gasteiger partial charge in [0, 0.05) is 5.69 Å². The summed E-state index contributed by atoms with van der Waals surface area (Å²) in [4.78, 5) is 15.5. The lowest BCUT2D eigenvalue weighted by Crippen LogP contribution is -2.08. The first kappa shape index (κ1) is 15.3. The van der Waals surface area contributed by atoms with Crippen molar-refractivity contribution in [3.05, 3.63) is 45.8 Å². The van der Waals surface area contributed by atoms with Crippen molar-refractivity contribution < 1.29 is 13.9 Å². The highest BCUT2D eigenvalue weighted by molar-refractivity contribution is 6.35. The summed E-state index contributed by atoms with van der Waals surface area (Å²) in [5.41, 5.74) is 6.52. The molecule has 21 heavy (non-hydrogen) atoms. The number of nitrogen functional groups attached to an aromatic ring is 1. The van der Waals surface area contributed by atoms with Gasteiger partial charge in [0.25, 0.3) is 0 Å². The van der Waals surface area contributed by atoms with Crippen molar-refractivity contribution in [3.8, 4) is 0 Å². The molecular weight excluding hydrogens is 320 g/mol. The third-order valence-electron chi connectivity index (χ3n) is 2.57. The Kier molecular flexibility index (Phi) is 4.50. The zero-order valence-electron chi connectivity index (χ0n) is 10.8. The Bertz CT molecular complexity index is 687. The Hall–Kier alpha value is -2.05. The number of aromatic nitrogens is 1. The number of nitrogens with one attached hydrogen (secondary N) is 1. The molecule has 0 unspecified atom stereocenters. The fourth-order valence-corrected chi connectivity index (χ4v) is 2.04. The van der Waals surface area contributed by atoms with Gasteiger partial charge in [-0.15, -0.1) is 0 Å². The van der Waals surface area contributed by atoms with E-state index in [-0.39, 0.29) is 21.6 Å². The number of nitrogens with two attached hydrogens (primary N) is 1. The first-order chi connectivity index (χ1) is 9.92. The molecule has 0 bridgehead atoms. The first-order valence-electron chi connectivity index (χ1n) is 5.68. The number of esters is 1. The summed E-state index contributed by atoms with van der Waals surface area (Å²) < 4.78 is 17.9. The summed E-state index contributed by atoms with van der Waals surface area (Å²) in [5.74, 6) is -1.11. The fourth-order valence-electron chi connectivity index (χ4n) is 1.55. The van der Waals surface area contributed by atoms with E-state index in [0.29, 0.717) is 11.4 Å². The number of hydrogen-bond acceptors (Lipinski definition) is 5. The molecule has 0 atom stereocenters. The van der Waals surface area contributed by atoms with Crippen molar-refractivity contribution in [2.24, 2.45) is 0 Å². The van der Waals surface area contributed by atoms with Crippen LogP contribution in [0.1, 0.15) is 10.5 Å². The summed E-state index contributed by atoms with van der Waals surface area (Å²) in [7, 11) is 1.24. The minimum absolute atomic E-state index is 0.0773. The topological polar surface area (TPSA) is 77.2 Å². The number of pyridine rings is 1. The van der Waals surface area contributed by atoms with Crippen molar-refractivity contribution in [1.82, 2.24) is 4.98 Å². The number of hydrogen-bond donors (Lipinski definition) is 2. The Balaban J connectivity index is 2.37. The fraction of sp³-hybridized carbons (Fsp3) is 0.0769. The molecule has 1 aromatic carbocycles. The van der Waals surface area contributed by atoms with E-state index in [1.54, 1.807) is 0 Å². The molecule has 1 heterocycles. The van der Waals surface area contributed by atoms with Gasteiger partial charge >= 0.3 is 5.97 Å². The average molecular weight is 330 g/mol. The molecule has 0 aliphatic rings. The Labute approximate surface area is 129 Å². The van der Waals surface area contributed by atoms with Gasteiger partial charge in [0.05, 0.1) is 22.8 Å². The van der Waals surface area contributed by atoms with Gasteiger partial charge in [-0.1, -0.05) is 23.2 Å². The molecule has 0 fully saturated rings. The minimum Gasteiger partial charge on any atom is -0.464 e. The van der Waals surface area contributed by atoms with Gasteiger partial charge in [0.2, 0.25) is 0 Å². The van der Waals surface area contributed by atoms with Gasteiger partial charge in [-0.3, -0.25) is 0 Å². The van der Waals surface area contributed by atoms with Gasteiger partial charge in [-0.2, -0.15) is 0 Å². The van der Waals surface area contributed by atoms with Crippen LogP contribution in [0.25, 0.3) is 0 Å². The monoisotopic (exact) mass is 329 g/mol. The number of nitrogens with zero attached hydrogens (tertiary/aromatic N) is 1. The van der Waals surface area contributed by atoms with Gasteiger partial charge in [-0.25, -0.2) is 14.2 Å². The van der Waals surface area contributed by atoms with Crippen molar-refractivity contribution in [1.29, 1.82) is 0 Å². The lowest BCUT2D eigenvalue weighted by atomic mass is 10.2. The van der Waals surface area contributed by atoms with Crippen LogP contribution < -0.4 is 11.1 Å². The molecule has 110 valence electrons. The van der Waals surface area contributed by atoms with Crippen LogP contribution in [0.5, 0.6) is 0 Å². The van der Waals surface area contributed by atoms with Crippen LogP contribution in [0, 0.1) is 5.82 Å². The van der Waals surface area contributed by atoms with Gasteiger partial charge in [0.1, 0.15) is 0 Å². The lowest BCUT2D eigenvalue weighted by Gasteiger charge is -2.11. The number of halogens is 3. The Morgan fingerprint density at radius 2 is 1.95 bits per heavy atom. The normalized spacial score (nSPS) is 10.3. The Morgan fingerprint density at radius 1 is 1.33 bits per heavy atom. The molecule has 0 aliphatic carbocycles. The summed E-state index contributed by atoms with van der Waals surface area (Å²) in [6.45, 7) is 0. The largest absolute Gasteiger partial charge is 0.464 e. The standard InChI is InChI=1S/C13H10Cl2FN3O2/c1-21-13(20)10-3-2-9(17)12(19-10)18-6-4-7(14)11(16)8(15)5-6/h2-5H,17H2,1H3,(H,18,19). The van der Waals surface area contributed by atoms with E-state index in [4.69, 9.17) is 28.9 Å². The maximum atomic E-state index is 13.4. The third kappa shape index (κ3) is 3.34. The molecule has 0 spiro atoms. The second-order valence-corrected chi connectivity index (χ2v) is 4.82. The van der Waals surface area contributed by atoms with Crippen LogP contribution >= 0.6 is 23.2 Å². The average Bonchev–Trinajstić information content (AvgIpc) is 2.46. The minimum atomic E-state index is -0.715. The number of benzene rings is 1. The second kappa shape index (κ2) is 6.15. The molecule has 8 heteroatoms. The van der Waals surface area contributed by atoms with Crippen LogP contribution in [-0.4, -0.2) is 18.1 Å². The zero-order valence-corrected chi connectivity index (χ0v) is 12.3. The molecule has 5 nitrogen and oxygen atoms in total. The van der Waals surface area contributed by atoms with E-state index in [0.717, 1.165) is 0 Å². The van der Waals surface area contributed by atoms with E-state index in [2.05, 4.69) is 15.0 Å². The summed E-state index contributed by atoms with van der Waals surface area (Å²) in [6.07, 6.45) is 0. The van der Waals surface area contributed by atoms with Crippen molar-refractivity contribution in [3.63, 3.8) is 0 Å². The second-order valence-electron chi connectivity index (χ2n) is 4.00. The van der Waals surface area contributed by atoms with E-state index in [1.807, 2.05) is 0 Å². The molecule has 0 radical (unpaired) electrons. The number of carbonyl (C=O) groups is 1. The molecule has 3 N–H and O–H groups in total. The van der Waals surface area contributed by atoms with Crippen molar-refractivity contribution in [2.45, 2.75) is 0 Å². The highest BCUT2D eigenvalue weighted by Crippen LogP contribution is 2.30. The number of anilines is 3. The predicted molar refractivity (Wildman–Crippen MR) is 79.7 cm³/mol. The van der Waals surface area contributed by atoms with Crippen LogP contribution in [0.4, 0.5) is 21.6 Å². The van der Waals surface area contributed by atoms with E-state index < -0.39 is 11.8 Å². The molecule has 0 saturated heterocycles. The molecule has 2 aromatic rings. The number of methoxy groups -OCH3 is 1. The van der Waals surface area contributed by atoms with Crippen LogP contribution in [0.2, 0.25) is 10.0 Å². The van der Waals surface area contributed by atoms with Crippen LogP contribution in [0.3, 0.4) is 0 Å². The lowest BCUT2D eigenvalue weighted by molar-refractivity contribution is 0.0594. The molecule has 2 rings (SSSR count). The third-order valence-corrected chi connectivity index (χ3v) is 3.12. The molecular formula is C13H10Cl2FN3O2. The number of ether oxygens (including phenoxy) is 1. The quantitative estimate of drug-likeness (QED) is 0.664. The molecule has 0 amide bonds. The summed E-state index contributed by atoms with van der Waals surface area (Å²) >= 11 is 11.4. The predicted octanol–water partition coefficient (Wildman–Crippen LogP) is 3.64. The highest BCUT2D eigenvalue weighted by Gasteiger charge is 2.12. The first-order valence-corrected chi connectivity index (χ1v) is 6.44. The number of carbonyl (C=O) groups excluding carboxylic acids is 1. The summed E-state index contributed by atoms with van der Waals surface area (Å²) in [6, 6.07) is 5.58. The van der Waals surface area contributed by atoms with Crippen LogP contribution in [-0.2, 0) is 4.74 Å². The van der Waals surface area contributed by atoms with Crippen molar-refractivity contribution >= 4 is 46.4 Å². The SMILES string of the molecule is COC(=O)c1ccc(N)c(Nc2cc(Cl)c(F)c(Cl)c2)n1. The summed E-state index contributed by atoms with van der Waals surface area (Å²) in [5, 5.41) is 2.53. The number of rotatable bonds is 3. The maximum Gasteiger partial charge on any atom is 0.356 e. The van der Waals surface area contributed by atoms with Gasteiger partial charge in [-0.05, 0) is 24.3 Å². The van der Waals surface area contributed by atoms with Crippen molar-refractivity contribution in [2.75, 3.05) is 18.2 Å². The zero-order chi connectivity index (χ0) is 15.6. The highest BCUT2D eigenvalue weighted by atomic mass is 35.5. The molecule has 0 saturated carbocycles. The van der Waals surface area contributed by atoms with Gasteiger partial charge in [0.15, 0.2) is 17.3 Å². The molecule has 1 aromatic heterocycles.